The number of hydrogen-bond donors (Lipinski definition) is 1. The van der Waals surface area contributed by atoms with Crippen LogP contribution in [0.2, 0.25) is 0 Å². The Labute approximate surface area is 217 Å². The molecule has 0 atom stereocenters. The Bertz CT molecular complexity index is 1400. The van der Waals surface area contributed by atoms with Crippen molar-refractivity contribution in [3.8, 4) is 6.07 Å². The highest BCUT2D eigenvalue weighted by Gasteiger charge is 2.54. The normalized spacial score (nSPS) is 17.0. The van der Waals surface area contributed by atoms with Crippen molar-refractivity contribution >= 4 is 23.2 Å². The minimum atomic E-state index is -4.26. The van der Waals surface area contributed by atoms with Gasteiger partial charge >= 0.3 is 6.18 Å². The highest BCUT2D eigenvalue weighted by atomic mass is 19.4. The van der Waals surface area contributed by atoms with Gasteiger partial charge < -0.3 is 10.2 Å². The number of nitrogens with zero attached hydrogens (tertiary/aromatic N) is 4. The van der Waals surface area contributed by atoms with Gasteiger partial charge in [0.1, 0.15) is 5.69 Å². The van der Waals surface area contributed by atoms with Crippen LogP contribution in [0.25, 0.3) is 0 Å². The number of alkyl halides is 3. The average molecular weight is 522 g/mol. The van der Waals surface area contributed by atoms with Gasteiger partial charge in [-0.1, -0.05) is 37.5 Å². The molecular formula is C28H26F3N5O2. The maximum Gasteiger partial charge on any atom is 0.394 e. The van der Waals surface area contributed by atoms with Crippen LogP contribution in [0.15, 0.2) is 54.7 Å². The molecule has 0 radical (unpaired) electrons. The van der Waals surface area contributed by atoms with E-state index in [0.717, 1.165) is 6.42 Å². The second kappa shape index (κ2) is 9.97. The smallest absolute Gasteiger partial charge is 0.322 e. The number of rotatable bonds is 5. The van der Waals surface area contributed by atoms with E-state index in [-0.39, 0.29) is 30.5 Å². The van der Waals surface area contributed by atoms with E-state index < -0.39 is 23.4 Å². The Morgan fingerprint density at radius 3 is 2.50 bits per heavy atom. The number of carbonyl (C=O) groups excluding carboxylic acids is 2. The van der Waals surface area contributed by atoms with E-state index in [2.05, 4.69) is 10.4 Å². The molecule has 1 saturated carbocycles. The van der Waals surface area contributed by atoms with Crippen LogP contribution in [0.1, 0.15) is 64.1 Å². The van der Waals surface area contributed by atoms with Crippen LogP contribution < -0.4 is 10.2 Å². The molecule has 0 bridgehead atoms. The summed E-state index contributed by atoms with van der Waals surface area (Å²) in [6.45, 7) is 0.668. The molecule has 1 fully saturated rings. The highest BCUT2D eigenvalue weighted by Crippen LogP contribution is 2.51. The first-order valence-electron chi connectivity index (χ1n) is 12.6. The third kappa shape index (κ3) is 4.76. The summed E-state index contributed by atoms with van der Waals surface area (Å²) in [4.78, 5) is 27.9. The predicted molar refractivity (Wildman–Crippen MR) is 135 cm³/mol. The van der Waals surface area contributed by atoms with Crippen molar-refractivity contribution in [2.45, 2.75) is 51.2 Å². The maximum atomic E-state index is 14.0. The van der Waals surface area contributed by atoms with E-state index in [9.17, 15) is 22.8 Å². The van der Waals surface area contributed by atoms with Crippen LogP contribution in [0, 0.1) is 16.7 Å². The van der Waals surface area contributed by atoms with Crippen LogP contribution in [0.5, 0.6) is 0 Å². The Morgan fingerprint density at radius 1 is 1.08 bits per heavy atom. The number of hydrogen-bond acceptors (Lipinski definition) is 4. The van der Waals surface area contributed by atoms with Gasteiger partial charge in [-0.3, -0.25) is 14.3 Å². The Hall–Kier alpha value is -4.13. The largest absolute Gasteiger partial charge is 0.394 e. The number of carbonyl (C=O) groups is 2. The molecule has 1 N–H and O–H groups in total. The number of amides is 2. The van der Waals surface area contributed by atoms with Gasteiger partial charge in [0.15, 0.2) is 0 Å². The van der Waals surface area contributed by atoms with Crippen molar-refractivity contribution < 1.29 is 22.8 Å². The number of nitriles is 1. The quantitative estimate of drug-likeness (QED) is 0.465. The first-order valence-corrected chi connectivity index (χ1v) is 12.6. The molecule has 1 aliphatic heterocycles. The SMILES string of the molecule is N#Cc1cccc(NC(=O)c2cnn3c2C(=O)N(c2ccc(CC4(C(F)(F)F)CCCCC4)cc2)CC3)c1. The standard InChI is InChI=1S/C28H26F3N5O2/c29-28(30,31)27(11-2-1-3-12-27)16-19-7-9-22(10-8-19)35-13-14-36-24(26(35)38)23(18-33-36)25(37)34-21-6-4-5-20(15-21)17-32/h4-10,15,18H,1-3,11-14,16H2,(H,34,37). The number of fused-ring (bicyclic) bond motifs is 1. The lowest BCUT2D eigenvalue weighted by Gasteiger charge is -2.39. The van der Waals surface area contributed by atoms with E-state index >= 15 is 0 Å². The van der Waals surface area contributed by atoms with Gasteiger partial charge in [0, 0.05) is 17.9 Å². The van der Waals surface area contributed by atoms with Crippen LogP contribution in [-0.4, -0.2) is 34.3 Å². The zero-order valence-electron chi connectivity index (χ0n) is 20.6. The van der Waals surface area contributed by atoms with E-state index in [4.69, 9.17) is 5.26 Å². The maximum absolute atomic E-state index is 14.0. The summed E-state index contributed by atoms with van der Waals surface area (Å²) in [5, 5.41) is 16.0. The first kappa shape index (κ1) is 25.5. The molecule has 3 aromatic rings. The van der Waals surface area contributed by atoms with Gasteiger partial charge in [0.05, 0.1) is 35.4 Å². The molecule has 2 aromatic carbocycles. The van der Waals surface area contributed by atoms with Crippen LogP contribution in [-0.2, 0) is 13.0 Å². The van der Waals surface area contributed by atoms with Crippen LogP contribution >= 0.6 is 0 Å². The van der Waals surface area contributed by atoms with Gasteiger partial charge in [-0.2, -0.15) is 23.5 Å². The lowest BCUT2D eigenvalue weighted by atomic mass is 9.70. The number of benzene rings is 2. The summed E-state index contributed by atoms with van der Waals surface area (Å²) in [5.74, 6) is -0.951. The Balaban J connectivity index is 1.34. The van der Waals surface area contributed by atoms with Crippen LogP contribution in [0.4, 0.5) is 24.5 Å². The second-order valence-corrected chi connectivity index (χ2v) is 9.92. The topological polar surface area (TPSA) is 91.0 Å². The molecule has 10 heteroatoms. The Morgan fingerprint density at radius 2 is 1.82 bits per heavy atom. The summed E-state index contributed by atoms with van der Waals surface area (Å²) in [7, 11) is 0. The van der Waals surface area contributed by atoms with Gasteiger partial charge in [0.25, 0.3) is 11.8 Å². The van der Waals surface area contributed by atoms with Crippen molar-refractivity contribution in [1.82, 2.24) is 9.78 Å². The van der Waals surface area contributed by atoms with Crippen molar-refractivity contribution in [1.29, 1.82) is 5.26 Å². The summed E-state index contributed by atoms with van der Waals surface area (Å²) in [6.07, 6.45) is -0.743. The molecule has 2 aliphatic rings. The van der Waals surface area contributed by atoms with Gasteiger partial charge in [-0.25, -0.2) is 0 Å². The van der Waals surface area contributed by atoms with Crippen molar-refractivity contribution in [3.63, 3.8) is 0 Å². The number of aromatic nitrogens is 2. The molecule has 196 valence electrons. The van der Waals surface area contributed by atoms with Crippen molar-refractivity contribution in [3.05, 3.63) is 77.1 Å². The fraction of sp³-hybridized carbons (Fsp3) is 0.357. The third-order valence-electron chi connectivity index (χ3n) is 7.52. The predicted octanol–water partition coefficient (Wildman–Crippen LogP) is 5.72. The lowest BCUT2D eigenvalue weighted by Crippen LogP contribution is -2.42. The fourth-order valence-electron chi connectivity index (χ4n) is 5.46. The molecule has 1 aliphatic carbocycles. The summed E-state index contributed by atoms with van der Waals surface area (Å²) in [5.41, 5.74) is 0.464. The zero-order valence-corrected chi connectivity index (χ0v) is 20.6. The van der Waals surface area contributed by atoms with E-state index in [1.807, 2.05) is 6.07 Å². The summed E-state index contributed by atoms with van der Waals surface area (Å²) >= 11 is 0. The van der Waals surface area contributed by atoms with Crippen LogP contribution in [0.3, 0.4) is 0 Å². The molecule has 5 rings (SSSR count). The molecule has 38 heavy (non-hydrogen) atoms. The van der Waals surface area contributed by atoms with E-state index in [0.29, 0.717) is 48.4 Å². The number of nitrogens with one attached hydrogen (secondary N) is 1. The summed E-state index contributed by atoms with van der Waals surface area (Å²) < 4.78 is 43.4. The van der Waals surface area contributed by atoms with Crippen molar-refractivity contribution in [2.75, 3.05) is 16.8 Å². The first-order chi connectivity index (χ1) is 18.2. The zero-order chi connectivity index (χ0) is 26.9. The molecule has 0 saturated heterocycles. The third-order valence-corrected chi connectivity index (χ3v) is 7.52. The second-order valence-electron chi connectivity index (χ2n) is 9.92. The number of anilines is 2. The number of halogens is 3. The highest BCUT2D eigenvalue weighted by molar-refractivity contribution is 6.15. The fourth-order valence-corrected chi connectivity index (χ4v) is 5.46. The molecular weight excluding hydrogens is 495 g/mol. The molecule has 7 nitrogen and oxygen atoms in total. The van der Waals surface area contributed by atoms with Gasteiger partial charge in [0.2, 0.25) is 0 Å². The monoisotopic (exact) mass is 521 g/mol. The molecule has 1 aromatic heterocycles. The van der Waals surface area contributed by atoms with Crippen molar-refractivity contribution in [2.24, 2.45) is 5.41 Å². The molecule has 2 heterocycles. The lowest BCUT2D eigenvalue weighted by molar-refractivity contribution is -0.234. The van der Waals surface area contributed by atoms with Gasteiger partial charge in [-0.05, 0) is 55.2 Å². The Kier molecular flexibility index (Phi) is 6.69. The van der Waals surface area contributed by atoms with E-state index in [1.165, 1.54) is 21.8 Å². The minimum absolute atomic E-state index is 0.0746. The minimum Gasteiger partial charge on any atom is -0.322 e. The van der Waals surface area contributed by atoms with Gasteiger partial charge in [-0.15, -0.1) is 0 Å². The average Bonchev–Trinajstić information content (AvgIpc) is 3.35. The molecule has 0 unspecified atom stereocenters. The summed E-state index contributed by atoms with van der Waals surface area (Å²) in [6, 6.07) is 15.1. The molecule has 0 spiro atoms. The molecule has 2 amide bonds. The van der Waals surface area contributed by atoms with E-state index in [1.54, 1.807) is 42.5 Å².